The van der Waals surface area contributed by atoms with Crippen LogP contribution in [0.4, 0.5) is 0 Å². The van der Waals surface area contributed by atoms with E-state index < -0.39 is 5.60 Å². The number of halogens is 1. The van der Waals surface area contributed by atoms with Crippen LogP contribution in [0.3, 0.4) is 0 Å². The maximum absolute atomic E-state index is 9.94. The van der Waals surface area contributed by atoms with Gasteiger partial charge >= 0.3 is 0 Å². The van der Waals surface area contributed by atoms with E-state index in [2.05, 4.69) is 17.2 Å². The summed E-state index contributed by atoms with van der Waals surface area (Å²) in [4.78, 5) is 3.99. The standard InChI is InChI=1S/C12H19ClN2O/c1-3-6-12(2,16)9-14-7-10-4-5-11(13)15-8-10/h4-5,8,14,16H,3,6-7,9H2,1-2H3. The van der Waals surface area contributed by atoms with E-state index in [9.17, 15) is 5.11 Å². The molecule has 0 aliphatic rings. The van der Waals surface area contributed by atoms with Crippen LogP contribution in [-0.2, 0) is 6.54 Å². The fourth-order valence-corrected chi connectivity index (χ4v) is 1.73. The average molecular weight is 243 g/mol. The molecule has 0 radical (unpaired) electrons. The number of hydrogen-bond acceptors (Lipinski definition) is 3. The quantitative estimate of drug-likeness (QED) is 0.753. The molecule has 1 rings (SSSR count). The topological polar surface area (TPSA) is 45.1 Å². The smallest absolute Gasteiger partial charge is 0.129 e. The van der Waals surface area contributed by atoms with Crippen molar-refractivity contribution in [3.8, 4) is 0 Å². The Balaban J connectivity index is 2.32. The first-order valence-corrected chi connectivity index (χ1v) is 5.95. The van der Waals surface area contributed by atoms with Crippen molar-refractivity contribution < 1.29 is 5.11 Å². The van der Waals surface area contributed by atoms with Crippen LogP contribution in [0, 0.1) is 0 Å². The molecule has 0 spiro atoms. The third-order valence-electron chi connectivity index (χ3n) is 2.41. The van der Waals surface area contributed by atoms with Gasteiger partial charge in [0.25, 0.3) is 0 Å². The Kier molecular flexibility index (Phi) is 5.19. The Labute approximate surface area is 102 Å². The van der Waals surface area contributed by atoms with Crippen molar-refractivity contribution >= 4 is 11.6 Å². The first-order valence-electron chi connectivity index (χ1n) is 5.57. The van der Waals surface area contributed by atoms with E-state index in [1.807, 2.05) is 13.0 Å². The lowest BCUT2D eigenvalue weighted by atomic mass is 10.0. The molecule has 0 aliphatic carbocycles. The van der Waals surface area contributed by atoms with E-state index in [1.54, 1.807) is 12.3 Å². The predicted octanol–water partition coefficient (Wildman–Crippen LogP) is 2.38. The summed E-state index contributed by atoms with van der Waals surface area (Å²) < 4.78 is 0. The second-order valence-corrected chi connectivity index (χ2v) is 4.73. The van der Waals surface area contributed by atoms with Crippen molar-refractivity contribution in [3.05, 3.63) is 29.0 Å². The molecule has 1 aromatic rings. The summed E-state index contributed by atoms with van der Waals surface area (Å²) in [5, 5.41) is 13.7. The number of nitrogens with one attached hydrogen (secondary N) is 1. The molecule has 90 valence electrons. The van der Waals surface area contributed by atoms with Crippen LogP contribution in [0.5, 0.6) is 0 Å². The summed E-state index contributed by atoms with van der Waals surface area (Å²) in [6, 6.07) is 3.69. The van der Waals surface area contributed by atoms with Gasteiger partial charge in [-0.2, -0.15) is 0 Å². The molecule has 1 atom stereocenters. The molecular formula is C12H19ClN2O. The molecule has 1 heterocycles. The highest BCUT2D eigenvalue weighted by Gasteiger charge is 2.17. The lowest BCUT2D eigenvalue weighted by molar-refractivity contribution is 0.0498. The zero-order valence-corrected chi connectivity index (χ0v) is 10.6. The molecule has 3 nitrogen and oxygen atoms in total. The molecule has 4 heteroatoms. The molecule has 1 unspecified atom stereocenters. The minimum atomic E-state index is -0.630. The van der Waals surface area contributed by atoms with Crippen LogP contribution in [0.25, 0.3) is 0 Å². The lowest BCUT2D eigenvalue weighted by Gasteiger charge is -2.23. The molecule has 0 saturated carbocycles. The molecule has 0 fully saturated rings. The van der Waals surface area contributed by atoms with Crippen molar-refractivity contribution in [1.82, 2.24) is 10.3 Å². The zero-order valence-electron chi connectivity index (χ0n) is 9.83. The number of pyridine rings is 1. The fraction of sp³-hybridized carbons (Fsp3) is 0.583. The van der Waals surface area contributed by atoms with Gasteiger partial charge in [0.05, 0.1) is 5.60 Å². The van der Waals surface area contributed by atoms with E-state index in [4.69, 9.17) is 11.6 Å². The normalized spacial score (nSPS) is 14.8. The maximum Gasteiger partial charge on any atom is 0.129 e. The summed E-state index contributed by atoms with van der Waals surface area (Å²) in [7, 11) is 0. The van der Waals surface area contributed by atoms with Gasteiger partial charge < -0.3 is 10.4 Å². The minimum absolute atomic E-state index is 0.502. The van der Waals surface area contributed by atoms with Crippen LogP contribution in [-0.4, -0.2) is 22.2 Å². The second-order valence-electron chi connectivity index (χ2n) is 4.34. The zero-order chi connectivity index (χ0) is 12.0. The largest absolute Gasteiger partial charge is 0.389 e. The monoisotopic (exact) mass is 242 g/mol. The molecule has 0 aromatic carbocycles. The highest BCUT2D eigenvalue weighted by atomic mass is 35.5. The number of nitrogens with zero attached hydrogens (tertiary/aromatic N) is 1. The SMILES string of the molecule is CCCC(C)(O)CNCc1ccc(Cl)nc1. The van der Waals surface area contributed by atoms with Gasteiger partial charge in [0, 0.05) is 19.3 Å². The first-order chi connectivity index (χ1) is 7.53. The second kappa shape index (κ2) is 6.18. The number of aromatic nitrogens is 1. The van der Waals surface area contributed by atoms with Crippen LogP contribution in [0.2, 0.25) is 5.15 Å². The van der Waals surface area contributed by atoms with Gasteiger partial charge in [-0.3, -0.25) is 0 Å². The number of aliphatic hydroxyl groups is 1. The van der Waals surface area contributed by atoms with E-state index in [1.165, 1.54) is 0 Å². The van der Waals surface area contributed by atoms with Crippen molar-refractivity contribution in [3.63, 3.8) is 0 Å². The van der Waals surface area contributed by atoms with Gasteiger partial charge in [-0.1, -0.05) is 31.0 Å². The van der Waals surface area contributed by atoms with E-state index in [0.29, 0.717) is 18.2 Å². The van der Waals surface area contributed by atoms with Gasteiger partial charge in [-0.15, -0.1) is 0 Å². The summed E-state index contributed by atoms with van der Waals surface area (Å²) in [6.45, 7) is 5.20. The van der Waals surface area contributed by atoms with E-state index >= 15 is 0 Å². The Morgan fingerprint density at radius 1 is 1.50 bits per heavy atom. The molecule has 0 aliphatic heterocycles. The van der Waals surface area contributed by atoms with Crippen LogP contribution in [0.1, 0.15) is 32.3 Å². The van der Waals surface area contributed by atoms with E-state index in [0.717, 1.165) is 18.4 Å². The number of rotatable bonds is 6. The van der Waals surface area contributed by atoms with Crippen LogP contribution < -0.4 is 5.32 Å². The molecule has 16 heavy (non-hydrogen) atoms. The van der Waals surface area contributed by atoms with Crippen molar-refractivity contribution in [1.29, 1.82) is 0 Å². The van der Waals surface area contributed by atoms with Gasteiger partial charge in [0.1, 0.15) is 5.15 Å². The molecule has 0 amide bonds. The van der Waals surface area contributed by atoms with Gasteiger partial charge in [-0.05, 0) is 25.0 Å². The highest BCUT2D eigenvalue weighted by Crippen LogP contribution is 2.10. The van der Waals surface area contributed by atoms with Crippen molar-refractivity contribution in [2.24, 2.45) is 0 Å². The molecule has 1 aromatic heterocycles. The third kappa shape index (κ3) is 4.92. The van der Waals surface area contributed by atoms with E-state index in [-0.39, 0.29) is 0 Å². The van der Waals surface area contributed by atoms with Gasteiger partial charge in [0.2, 0.25) is 0 Å². The summed E-state index contributed by atoms with van der Waals surface area (Å²) in [5.41, 5.74) is 0.436. The molecule has 0 saturated heterocycles. The van der Waals surface area contributed by atoms with Gasteiger partial charge in [0.15, 0.2) is 0 Å². The minimum Gasteiger partial charge on any atom is -0.389 e. The average Bonchev–Trinajstić information content (AvgIpc) is 2.20. The first kappa shape index (κ1) is 13.4. The van der Waals surface area contributed by atoms with Crippen molar-refractivity contribution in [2.75, 3.05) is 6.54 Å². The lowest BCUT2D eigenvalue weighted by Crippen LogP contribution is -2.37. The third-order valence-corrected chi connectivity index (χ3v) is 2.64. The Morgan fingerprint density at radius 2 is 2.25 bits per heavy atom. The highest BCUT2D eigenvalue weighted by molar-refractivity contribution is 6.29. The van der Waals surface area contributed by atoms with Crippen LogP contribution >= 0.6 is 11.6 Å². The Bertz CT molecular complexity index is 311. The summed E-state index contributed by atoms with van der Waals surface area (Å²) in [6.07, 6.45) is 3.53. The molecular weight excluding hydrogens is 224 g/mol. The summed E-state index contributed by atoms with van der Waals surface area (Å²) >= 11 is 5.69. The maximum atomic E-state index is 9.94. The fourth-order valence-electron chi connectivity index (χ4n) is 1.61. The van der Waals surface area contributed by atoms with Crippen molar-refractivity contribution in [2.45, 2.75) is 38.8 Å². The predicted molar refractivity (Wildman–Crippen MR) is 66.5 cm³/mol. The van der Waals surface area contributed by atoms with Gasteiger partial charge in [-0.25, -0.2) is 4.98 Å². The van der Waals surface area contributed by atoms with Crippen LogP contribution in [0.15, 0.2) is 18.3 Å². The Hall–Kier alpha value is -0.640. The summed E-state index contributed by atoms with van der Waals surface area (Å²) in [5.74, 6) is 0. The molecule has 2 N–H and O–H groups in total. The number of hydrogen-bond donors (Lipinski definition) is 2. The molecule has 0 bridgehead atoms. The Morgan fingerprint density at radius 3 is 2.81 bits per heavy atom.